The molecule has 0 aliphatic carbocycles. The van der Waals surface area contributed by atoms with Crippen LogP contribution < -0.4 is 44.6 Å². The number of hydrogen-bond donors (Lipinski definition) is 9. The Morgan fingerprint density at radius 2 is 1.35 bits per heavy atom. The normalized spacial score (nSPS) is 12.0. The van der Waals surface area contributed by atoms with Gasteiger partial charge in [0.05, 0.1) is 12.6 Å². The van der Waals surface area contributed by atoms with Gasteiger partial charge < -0.3 is 49.7 Å². The van der Waals surface area contributed by atoms with Gasteiger partial charge in [0, 0.05) is 13.1 Å². The van der Waals surface area contributed by atoms with Crippen LogP contribution in [-0.4, -0.2) is 79.0 Å². The molecule has 14 N–H and O–H groups in total. The lowest BCUT2D eigenvalue weighted by Gasteiger charge is -2.20. The molecule has 0 aromatic rings. The van der Waals surface area contributed by atoms with Crippen molar-refractivity contribution < 1.29 is 24.3 Å². The number of aliphatic carboxylic acids is 1. The Kier molecular flexibility index (Phi) is 13.5. The lowest BCUT2D eigenvalue weighted by molar-refractivity contribution is -0.138. The molecule has 0 radical (unpaired) electrons. The Morgan fingerprint density at radius 1 is 0.806 bits per heavy atom. The van der Waals surface area contributed by atoms with Gasteiger partial charge in [-0.1, -0.05) is 0 Å². The van der Waals surface area contributed by atoms with Gasteiger partial charge in [-0.15, -0.1) is 0 Å². The Hall–Kier alpha value is -3.62. The summed E-state index contributed by atoms with van der Waals surface area (Å²) in [5, 5.41) is 15.5. The zero-order valence-corrected chi connectivity index (χ0v) is 17.2. The van der Waals surface area contributed by atoms with Crippen LogP contribution in [0.25, 0.3) is 0 Å². The maximum atomic E-state index is 12.4. The molecule has 0 saturated heterocycles. The van der Waals surface area contributed by atoms with Crippen LogP contribution in [-0.2, 0) is 19.2 Å². The van der Waals surface area contributed by atoms with Gasteiger partial charge in [0.15, 0.2) is 11.9 Å². The number of rotatable bonds is 15. The van der Waals surface area contributed by atoms with Crippen molar-refractivity contribution in [2.45, 2.75) is 37.8 Å². The first-order chi connectivity index (χ1) is 14.5. The molecular weight excluding hydrogens is 412 g/mol. The number of nitrogens with two attached hydrogens (primary N) is 5. The highest BCUT2D eigenvalue weighted by Crippen LogP contribution is 2.02. The Morgan fingerprint density at radius 3 is 1.87 bits per heavy atom. The zero-order valence-electron chi connectivity index (χ0n) is 17.2. The summed E-state index contributed by atoms with van der Waals surface area (Å²) < 4.78 is 0. The summed E-state index contributed by atoms with van der Waals surface area (Å²) in [6.45, 7) is -0.512. The molecule has 0 fully saturated rings. The largest absolute Gasteiger partial charge is 0.480 e. The van der Waals surface area contributed by atoms with Gasteiger partial charge in [0.1, 0.15) is 12.6 Å². The van der Waals surface area contributed by atoms with Crippen molar-refractivity contribution in [3.05, 3.63) is 0 Å². The van der Waals surface area contributed by atoms with Gasteiger partial charge in [-0.05, 0) is 25.7 Å². The summed E-state index contributed by atoms with van der Waals surface area (Å²) in [6.07, 6.45) is 1.27. The predicted molar refractivity (Wildman–Crippen MR) is 113 cm³/mol. The Balaban J connectivity index is 4.78. The molecule has 176 valence electrons. The fourth-order valence-corrected chi connectivity index (χ4v) is 2.23. The number of carbonyl (C=O) groups is 4. The van der Waals surface area contributed by atoms with Crippen molar-refractivity contribution >= 4 is 35.6 Å². The molecule has 15 nitrogen and oxygen atoms in total. The molecule has 0 saturated carbocycles. The van der Waals surface area contributed by atoms with E-state index in [-0.39, 0.29) is 31.3 Å². The van der Waals surface area contributed by atoms with Crippen LogP contribution in [0.4, 0.5) is 0 Å². The second-order valence-corrected chi connectivity index (χ2v) is 6.45. The summed E-state index contributed by atoms with van der Waals surface area (Å²) in [5.41, 5.74) is 26.8. The summed E-state index contributed by atoms with van der Waals surface area (Å²) in [7, 11) is 0. The van der Waals surface area contributed by atoms with Crippen LogP contribution in [0.5, 0.6) is 0 Å². The maximum absolute atomic E-state index is 12.4. The number of carboxylic acids is 1. The maximum Gasteiger partial charge on any atom is 0.322 e. The molecule has 0 unspecified atom stereocenters. The van der Waals surface area contributed by atoms with Crippen LogP contribution in [0.2, 0.25) is 0 Å². The zero-order chi connectivity index (χ0) is 23.8. The average molecular weight is 444 g/mol. The summed E-state index contributed by atoms with van der Waals surface area (Å²) in [4.78, 5) is 54.3. The number of nitrogens with one attached hydrogen (secondary N) is 3. The van der Waals surface area contributed by atoms with Gasteiger partial charge in [-0.25, -0.2) is 0 Å². The number of hydrogen-bond acceptors (Lipinski definition) is 7. The molecule has 0 rings (SSSR count). The topological polar surface area (TPSA) is 279 Å². The van der Waals surface area contributed by atoms with E-state index in [1.54, 1.807) is 0 Å². The molecule has 2 atom stereocenters. The molecule has 0 heterocycles. The van der Waals surface area contributed by atoms with Crippen molar-refractivity contribution in [2.24, 2.45) is 38.7 Å². The van der Waals surface area contributed by atoms with Crippen molar-refractivity contribution in [3.8, 4) is 0 Å². The fourth-order valence-electron chi connectivity index (χ4n) is 2.23. The molecule has 0 aliphatic heterocycles. The first kappa shape index (κ1) is 27.4. The summed E-state index contributed by atoms with van der Waals surface area (Å²) in [6, 6.07) is -1.90. The van der Waals surface area contributed by atoms with Gasteiger partial charge in [0.2, 0.25) is 17.7 Å². The van der Waals surface area contributed by atoms with Crippen LogP contribution in [0.15, 0.2) is 9.98 Å². The average Bonchev–Trinajstić information content (AvgIpc) is 2.69. The lowest BCUT2D eigenvalue weighted by Crippen LogP contribution is -2.53. The number of guanidine groups is 2. The highest BCUT2D eigenvalue weighted by molar-refractivity contribution is 5.92. The molecule has 3 amide bonds. The van der Waals surface area contributed by atoms with E-state index in [2.05, 4.69) is 25.9 Å². The molecule has 31 heavy (non-hydrogen) atoms. The van der Waals surface area contributed by atoms with Crippen molar-refractivity contribution in [1.29, 1.82) is 0 Å². The van der Waals surface area contributed by atoms with E-state index in [4.69, 9.17) is 33.8 Å². The third kappa shape index (κ3) is 15.0. The number of amides is 3. The van der Waals surface area contributed by atoms with Crippen LogP contribution in [0.1, 0.15) is 25.7 Å². The minimum atomic E-state index is -1.22. The summed E-state index contributed by atoms with van der Waals surface area (Å²) in [5.74, 6) is -3.31. The van der Waals surface area contributed by atoms with Crippen molar-refractivity contribution in [3.63, 3.8) is 0 Å². The smallest absolute Gasteiger partial charge is 0.322 e. The van der Waals surface area contributed by atoms with E-state index in [0.717, 1.165) is 0 Å². The lowest BCUT2D eigenvalue weighted by atomic mass is 10.1. The minimum Gasteiger partial charge on any atom is -0.480 e. The Bertz CT molecular complexity index is 674. The standard InChI is InChI=1S/C16H32N10O5/c17-9(3-1-5-22-15(18)19)13(30)26-10(4-2-6-23-16(20)21)14(31)25-7-11(27)24-8-12(28)29/h9-10H,1-8,17H2,(H,24,27)(H,25,31)(H,26,30)(H,28,29)(H4,18,19,22)(H4,20,21,23)/t9-,10-/m0/s1. The van der Waals surface area contributed by atoms with Gasteiger partial charge in [-0.3, -0.25) is 29.2 Å². The number of nitrogens with zero attached hydrogens (tertiary/aromatic N) is 2. The predicted octanol–water partition coefficient (Wildman–Crippen LogP) is -4.78. The van der Waals surface area contributed by atoms with Gasteiger partial charge >= 0.3 is 5.97 Å². The van der Waals surface area contributed by atoms with E-state index in [1.165, 1.54) is 0 Å². The van der Waals surface area contributed by atoms with Crippen LogP contribution >= 0.6 is 0 Å². The monoisotopic (exact) mass is 444 g/mol. The first-order valence-electron chi connectivity index (χ1n) is 9.45. The molecule has 0 spiro atoms. The van der Waals surface area contributed by atoms with E-state index in [0.29, 0.717) is 19.4 Å². The van der Waals surface area contributed by atoms with E-state index >= 15 is 0 Å². The molecule has 0 aromatic heterocycles. The number of aliphatic imine (C=N–C) groups is 2. The first-order valence-corrected chi connectivity index (χ1v) is 9.45. The molecule has 15 heteroatoms. The third-order valence-corrected chi connectivity index (χ3v) is 3.74. The minimum absolute atomic E-state index is 0.0667. The molecule has 0 aromatic carbocycles. The molecule has 0 bridgehead atoms. The summed E-state index contributed by atoms with van der Waals surface area (Å²) >= 11 is 0. The van der Waals surface area contributed by atoms with Crippen LogP contribution in [0, 0.1) is 0 Å². The quantitative estimate of drug-likeness (QED) is 0.0659. The second-order valence-electron chi connectivity index (χ2n) is 6.45. The van der Waals surface area contributed by atoms with Crippen LogP contribution in [0.3, 0.4) is 0 Å². The number of carboxylic acid groups (broad SMARTS) is 1. The molecular formula is C16H32N10O5. The number of carbonyl (C=O) groups excluding carboxylic acids is 3. The third-order valence-electron chi connectivity index (χ3n) is 3.74. The van der Waals surface area contributed by atoms with E-state index in [1.807, 2.05) is 0 Å². The van der Waals surface area contributed by atoms with E-state index in [9.17, 15) is 19.2 Å². The molecule has 0 aliphatic rings. The van der Waals surface area contributed by atoms with E-state index < -0.39 is 48.9 Å². The van der Waals surface area contributed by atoms with Gasteiger partial charge in [-0.2, -0.15) is 0 Å². The van der Waals surface area contributed by atoms with Crippen molar-refractivity contribution in [2.75, 3.05) is 26.2 Å². The fraction of sp³-hybridized carbons (Fsp3) is 0.625. The van der Waals surface area contributed by atoms with Gasteiger partial charge in [0.25, 0.3) is 0 Å². The Labute approximate surface area is 179 Å². The second kappa shape index (κ2) is 15.3. The highest BCUT2D eigenvalue weighted by Gasteiger charge is 2.23. The highest BCUT2D eigenvalue weighted by atomic mass is 16.4. The van der Waals surface area contributed by atoms with Crippen molar-refractivity contribution in [1.82, 2.24) is 16.0 Å². The SMILES string of the molecule is NC(N)=NCCC[C@H](NC(=O)[C@@H](N)CCCN=C(N)N)C(=O)NCC(=O)NCC(=O)O.